The fraction of sp³-hybridized carbons (Fsp3) is 0.591. The van der Waals surface area contributed by atoms with E-state index in [-0.39, 0.29) is 11.9 Å². The zero-order valence-corrected chi connectivity index (χ0v) is 19.4. The fourth-order valence-electron chi connectivity index (χ4n) is 3.20. The molecule has 1 heterocycles. The summed E-state index contributed by atoms with van der Waals surface area (Å²) in [6.45, 7) is 12.8. The third-order valence-electron chi connectivity index (χ3n) is 5.01. The molecule has 0 saturated carbocycles. The predicted octanol–water partition coefficient (Wildman–Crippen LogP) is 4.36. The number of aromatic nitrogens is 3. The van der Waals surface area contributed by atoms with E-state index < -0.39 is 0 Å². The second-order valence-electron chi connectivity index (χ2n) is 7.81. The van der Waals surface area contributed by atoms with Crippen LogP contribution in [0.2, 0.25) is 0 Å². The topological polar surface area (TPSA) is 63.1 Å². The van der Waals surface area contributed by atoms with Gasteiger partial charge in [-0.15, -0.1) is 10.2 Å². The lowest BCUT2D eigenvalue weighted by Gasteiger charge is -2.21. The molecule has 1 N–H and O–H groups in total. The summed E-state index contributed by atoms with van der Waals surface area (Å²) < 4.78 is 1.95. The van der Waals surface area contributed by atoms with E-state index in [1.54, 1.807) is 0 Å². The van der Waals surface area contributed by atoms with Gasteiger partial charge in [0, 0.05) is 37.4 Å². The van der Waals surface area contributed by atoms with Crippen molar-refractivity contribution in [3.05, 3.63) is 24.3 Å². The number of thioether (sulfide) groups is 1. The Morgan fingerprint density at radius 2 is 1.76 bits per heavy atom. The van der Waals surface area contributed by atoms with Crippen LogP contribution in [0.4, 0.5) is 5.69 Å². The van der Waals surface area contributed by atoms with Gasteiger partial charge in [0.05, 0.1) is 5.75 Å². The molecular weight excluding hydrogens is 382 g/mol. The van der Waals surface area contributed by atoms with Gasteiger partial charge in [-0.25, -0.2) is 0 Å². The lowest BCUT2D eigenvalue weighted by Crippen LogP contribution is -2.34. The van der Waals surface area contributed by atoms with Crippen LogP contribution < -0.4 is 10.2 Å². The van der Waals surface area contributed by atoms with Gasteiger partial charge in [-0.1, -0.05) is 25.6 Å². The van der Waals surface area contributed by atoms with Crippen molar-refractivity contribution in [3.8, 4) is 11.4 Å². The molecule has 2 rings (SSSR count). The standard InChI is InChI=1S/C22H35N5OS/c1-7-27(8-2)19-13-11-18(12-14-19)21-24-25-22(26(21)6)29-15-20(28)23-17(5)10-9-16(3)4/h11-14,16-17H,7-10,15H2,1-6H3,(H,23,28). The smallest absolute Gasteiger partial charge is 0.230 e. The molecule has 2 aromatic rings. The number of nitrogens with one attached hydrogen (secondary N) is 1. The Bertz CT molecular complexity index is 768. The second kappa shape index (κ2) is 11.2. The molecule has 1 aromatic heterocycles. The van der Waals surface area contributed by atoms with Gasteiger partial charge in [0.15, 0.2) is 11.0 Å². The first-order valence-electron chi connectivity index (χ1n) is 10.5. The summed E-state index contributed by atoms with van der Waals surface area (Å²) in [6, 6.07) is 8.60. The zero-order chi connectivity index (χ0) is 21.4. The van der Waals surface area contributed by atoms with Gasteiger partial charge < -0.3 is 14.8 Å². The number of benzene rings is 1. The lowest BCUT2D eigenvalue weighted by atomic mass is 10.0. The quantitative estimate of drug-likeness (QED) is 0.550. The van der Waals surface area contributed by atoms with E-state index in [1.165, 1.54) is 17.4 Å². The van der Waals surface area contributed by atoms with Crippen LogP contribution >= 0.6 is 11.8 Å². The summed E-state index contributed by atoms with van der Waals surface area (Å²) in [4.78, 5) is 14.5. The zero-order valence-electron chi connectivity index (χ0n) is 18.6. The maximum Gasteiger partial charge on any atom is 0.230 e. The second-order valence-corrected chi connectivity index (χ2v) is 8.76. The molecule has 0 aliphatic rings. The Hall–Kier alpha value is -2.02. The first-order valence-corrected chi connectivity index (χ1v) is 11.5. The highest BCUT2D eigenvalue weighted by molar-refractivity contribution is 7.99. The number of carbonyl (C=O) groups is 1. The van der Waals surface area contributed by atoms with Gasteiger partial charge in [0.1, 0.15) is 0 Å². The Morgan fingerprint density at radius 1 is 1.10 bits per heavy atom. The highest BCUT2D eigenvalue weighted by atomic mass is 32.2. The molecule has 0 aliphatic heterocycles. The summed E-state index contributed by atoms with van der Waals surface area (Å²) in [7, 11) is 1.94. The van der Waals surface area contributed by atoms with Crippen molar-refractivity contribution in [3.63, 3.8) is 0 Å². The Labute approximate surface area is 179 Å². The molecule has 160 valence electrons. The van der Waals surface area contributed by atoms with E-state index >= 15 is 0 Å². The molecule has 1 atom stereocenters. The van der Waals surface area contributed by atoms with Crippen LogP contribution in [0.5, 0.6) is 0 Å². The molecule has 0 aliphatic carbocycles. The first-order chi connectivity index (χ1) is 13.8. The van der Waals surface area contributed by atoms with Crippen LogP contribution in [0.25, 0.3) is 11.4 Å². The van der Waals surface area contributed by atoms with Gasteiger partial charge in [-0.2, -0.15) is 0 Å². The molecular formula is C22H35N5OS. The van der Waals surface area contributed by atoms with Crippen LogP contribution in [-0.4, -0.2) is 45.6 Å². The first kappa shape index (κ1) is 23.3. The summed E-state index contributed by atoms with van der Waals surface area (Å²) >= 11 is 1.42. The van der Waals surface area contributed by atoms with Crippen LogP contribution in [0.1, 0.15) is 47.5 Å². The Morgan fingerprint density at radius 3 is 2.34 bits per heavy atom. The van der Waals surface area contributed by atoms with Crippen molar-refractivity contribution >= 4 is 23.4 Å². The number of nitrogens with zero attached hydrogens (tertiary/aromatic N) is 4. The molecule has 1 unspecified atom stereocenters. The predicted molar refractivity (Wildman–Crippen MR) is 122 cm³/mol. The largest absolute Gasteiger partial charge is 0.372 e. The number of hydrogen-bond donors (Lipinski definition) is 1. The number of anilines is 1. The van der Waals surface area contributed by atoms with E-state index in [0.717, 1.165) is 42.5 Å². The minimum Gasteiger partial charge on any atom is -0.372 e. The number of amides is 1. The van der Waals surface area contributed by atoms with Gasteiger partial charge in [-0.05, 0) is 63.8 Å². The van der Waals surface area contributed by atoms with Crippen molar-refractivity contribution in [1.29, 1.82) is 0 Å². The van der Waals surface area contributed by atoms with Gasteiger partial charge in [-0.3, -0.25) is 4.79 Å². The third-order valence-corrected chi connectivity index (χ3v) is 6.03. The molecule has 7 heteroatoms. The van der Waals surface area contributed by atoms with E-state index in [4.69, 9.17) is 0 Å². The van der Waals surface area contributed by atoms with E-state index in [1.807, 2.05) is 11.6 Å². The average molecular weight is 418 g/mol. The van der Waals surface area contributed by atoms with Gasteiger partial charge in [0.2, 0.25) is 5.91 Å². The van der Waals surface area contributed by atoms with Crippen LogP contribution in [-0.2, 0) is 11.8 Å². The molecule has 0 radical (unpaired) electrons. The lowest BCUT2D eigenvalue weighted by molar-refractivity contribution is -0.119. The molecule has 1 amide bonds. The molecule has 0 bridgehead atoms. The molecule has 0 spiro atoms. The summed E-state index contributed by atoms with van der Waals surface area (Å²) in [5.74, 6) is 1.85. The molecule has 29 heavy (non-hydrogen) atoms. The normalized spacial score (nSPS) is 12.2. The molecule has 0 saturated heterocycles. The van der Waals surface area contributed by atoms with Gasteiger partial charge >= 0.3 is 0 Å². The van der Waals surface area contributed by atoms with Crippen molar-refractivity contribution in [1.82, 2.24) is 20.1 Å². The van der Waals surface area contributed by atoms with Gasteiger partial charge in [0.25, 0.3) is 0 Å². The van der Waals surface area contributed by atoms with Crippen LogP contribution in [0.3, 0.4) is 0 Å². The molecule has 6 nitrogen and oxygen atoms in total. The number of rotatable bonds is 11. The van der Waals surface area contributed by atoms with E-state index in [2.05, 4.69) is 79.3 Å². The fourth-order valence-corrected chi connectivity index (χ4v) is 3.93. The Kier molecular flexibility index (Phi) is 9.01. The van der Waals surface area contributed by atoms with Crippen molar-refractivity contribution < 1.29 is 4.79 Å². The summed E-state index contributed by atoms with van der Waals surface area (Å²) in [5, 5.41) is 12.4. The SMILES string of the molecule is CCN(CC)c1ccc(-c2nnc(SCC(=O)NC(C)CCC(C)C)n2C)cc1. The highest BCUT2D eigenvalue weighted by Crippen LogP contribution is 2.25. The van der Waals surface area contributed by atoms with Crippen molar-refractivity contribution in [2.45, 2.75) is 58.7 Å². The van der Waals surface area contributed by atoms with Crippen molar-refractivity contribution in [2.75, 3.05) is 23.7 Å². The minimum absolute atomic E-state index is 0.0411. The maximum atomic E-state index is 12.2. The minimum atomic E-state index is 0.0411. The molecule has 1 aromatic carbocycles. The van der Waals surface area contributed by atoms with Crippen LogP contribution in [0.15, 0.2) is 29.4 Å². The number of carbonyl (C=O) groups excluding carboxylic acids is 1. The maximum absolute atomic E-state index is 12.2. The van der Waals surface area contributed by atoms with Crippen LogP contribution in [0, 0.1) is 5.92 Å². The third kappa shape index (κ3) is 6.77. The Balaban J connectivity index is 1.94. The van der Waals surface area contributed by atoms with E-state index in [0.29, 0.717) is 11.7 Å². The molecule has 0 fully saturated rings. The highest BCUT2D eigenvalue weighted by Gasteiger charge is 2.14. The average Bonchev–Trinajstić information content (AvgIpc) is 3.07. The van der Waals surface area contributed by atoms with E-state index in [9.17, 15) is 4.79 Å². The summed E-state index contributed by atoms with van der Waals surface area (Å²) in [5.41, 5.74) is 2.23. The summed E-state index contributed by atoms with van der Waals surface area (Å²) in [6.07, 6.45) is 2.12. The monoisotopic (exact) mass is 417 g/mol. The van der Waals surface area contributed by atoms with Crippen molar-refractivity contribution in [2.24, 2.45) is 13.0 Å². The number of hydrogen-bond acceptors (Lipinski definition) is 5.